The van der Waals surface area contributed by atoms with Gasteiger partial charge in [-0.25, -0.2) is 4.39 Å². The van der Waals surface area contributed by atoms with Crippen molar-refractivity contribution in [3.8, 4) is 0 Å². The van der Waals surface area contributed by atoms with Crippen molar-refractivity contribution in [3.63, 3.8) is 0 Å². The molecule has 32 heavy (non-hydrogen) atoms. The number of nitrogens with zero attached hydrogens (tertiary/aromatic N) is 3. The third-order valence-electron chi connectivity index (χ3n) is 5.57. The molecule has 1 aromatic carbocycles. The Kier molecular flexibility index (Phi) is 7.07. The predicted octanol–water partition coefficient (Wildman–Crippen LogP) is 4.16. The lowest BCUT2D eigenvalue weighted by Gasteiger charge is -2.32. The molecule has 1 aliphatic heterocycles. The zero-order valence-electron chi connectivity index (χ0n) is 18.2. The van der Waals surface area contributed by atoms with Gasteiger partial charge in [0.15, 0.2) is 0 Å². The molecule has 3 heterocycles. The van der Waals surface area contributed by atoms with Crippen LogP contribution in [0.5, 0.6) is 0 Å². The van der Waals surface area contributed by atoms with E-state index in [9.17, 15) is 9.18 Å². The Morgan fingerprint density at radius 2 is 2.06 bits per heavy atom. The van der Waals surface area contributed by atoms with E-state index in [1.807, 2.05) is 43.3 Å². The molecule has 4 rings (SSSR count). The highest BCUT2D eigenvalue weighted by Crippen LogP contribution is 2.28. The number of amides is 1. The number of benzene rings is 1. The Hall–Kier alpha value is -3.32. The molecule has 1 saturated heterocycles. The topological polar surface area (TPSA) is 70.2 Å². The standard InChI is InChI=1S/C25H28FN5O/c1-18-12-23(30-21-9-4-7-20(26)13-21)14-24(29-18)19-6-5-11-31(16-19)17-25(32)28-15-22-8-2-3-10-27-22/h2-4,7-10,12-14,19H,5-6,11,15-17H2,1H3,(H,28,32)(H,29,30)/t19-/m1/s1. The van der Waals surface area contributed by atoms with Gasteiger partial charge in [0.25, 0.3) is 0 Å². The van der Waals surface area contributed by atoms with Gasteiger partial charge in [-0.3, -0.25) is 19.7 Å². The first-order valence-electron chi connectivity index (χ1n) is 11.0. The summed E-state index contributed by atoms with van der Waals surface area (Å²) in [4.78, 5) is 23.6. The molecule has 0 saturated carbocycles. The summed E-state index contributed by atoms with van der Waals surface area (Å²) >= 11 is 0. The molecule has 1 fully saturated rings. The quantitative estimate of drug-likeness (QED) is 0.585. The smallest absolute Gasteiger partial charge is 0.234 e. The molecule has 0 radical (unpaired) electrons. The Labute approximate surface area is 187 Å². The SMILES string of the molecule is Cc1cc(Nc2cccc(F)c2)cc([C@@H]2CCCN(CC(=O)NCc3ccccn3)C2)n1. The van der Waals surface area contributed by atoms with E-state index in [-0.39, 0.29) is 17.6 Å². The van der Waals surface area contributed by atoms with E-state index in [0.717, 1.165) is 48.7 Å². The minimum absolute atomic E-state index is 0.00182. The zero-order chi connectivity index (χ0) is 22.3. The summed E-state index contributed by atoms with van der Waals surface area (Å²) in [6, 6.07) is 16.1. The van der Waals surface area contributed by atoms with Gasteiger partial charge in [0.05, 0.1) is 18.8 Å². The summed E-state index contributed by atoms with van der Waals surface area (Å²) in [5.41, 5.74) is 4.36. The van der Waals surface area contributed by atoms with Crippen molar-refractivity contribution in [3.05, 3.63) is 83.7 Å². The Bertz CT molecular complexity index is 1060. The number of aromatic nitrogens is 2. The molecule has 0 unspecified atom stereocenters. The van der Waals surface area contributed by atoms with E-state index in [4.69, 9.17) is 4.98 Å². The third-order valence-corrected chi connectivity index (χ3v) is 5.57. The van der Waals surface area contributed by atoms with Crippen LogP contribution in [0.3, 0.4) is 0 Å². The second-order valence-electron chi connectivity index (χ2n) is 8.23. The molecule has 1 aliphatic rings. The first-order valence-corrected chi connectivity index (χ1v) is 11.0. The fourth-order valence-corrected chi connectivity index (χ4v) is 4.10. The molecule has 0 aliphatic carbocycles. The minimum atomic E-state index is -0.273. The molecule has 6 nitrogen and oxygen atoms in total. The van der Waals surface area contributed by atoms with Gasteiger partial charge in [-0.15, -0.1) is 0 Å². The third kappa shape index (κ3) is 6.11. The largest absolute Gasteiger partial charge is 0.355 e. The number of hydrogen-bond donors (Lipinski definition) is 2. The molecular formula is C25H28FN5O. The average molecular weight is 434 g/mol. The number of hydrogen-bond acceptors (Lipinski definition) is 5. The summed E-state index contributed by atoms with van der Waals surface area (Å²) in [5.74, 6) is -0.0208. The Balaban J connectivity index is 1.37. The van der Waals surface area contributed by atoms with Gasteiger partial charge in [0.2, 0.25) is 5.91 Å². The summed E-state index contributed by atoms with van der Waals surface area (Å²) < 4.78 is 13.5. The first-order chi connectivity index (χ1) is 15.5. The van der Waals surface area contributed by atoms with Crippen LogP contribution in [0.25, 0.3) is 0 Å². The summed E-state index contributed by atoms with van der Waals surface area (Å²) in [5, 5.41) is 6.23. The minimum Gasteiger partial charge on any atom is -0.355 e. The number of likely N-dealkylation sites (tertiary alicyclic amines) is 1. The van der Waals surface area contributed by atoms with Crippen LogP contribution in [0.2, 0.25) is 0 Å². The van der Waals surface area contributed by atoms with Crippen molar-refractivity contribution in [2.45, 2.75) is 32.2 Å². The van der Waals surface area contributed by atoms with E-state index >= 15 is 0 Å². The first kappa shape index (κ1) is 21.9. The maximum Gasteiger partial charge on any atom is 0.234 e. The summed E-state index contributed by atoms with van der Waals surface area (Å²) in [6.45, 7) is 4.45. The molecule has 0 spiro atoms. The van der Waals surface area contributed by atoms with Gasteiger partial charge >= 0.3 is 0 Å². The second kappa shape index (κ2) is 10.3. The Morgan fingerprint density at radius 1 is 1.16 bits per heavy atom. The highest BCUT2D eigenvalue weighted by atomic mass is 19.1. The van der Waals surface area contributed by atoms with Gasteiger partial charge in [0, 0.05) is 41.4 Å². The van der Waals surface area contributed by atoms with E-state index < -0.39 is 0 Å². The van der Waals surface area contributed by atoms with Crippen LogP contribution < -0.4 is 10.6 Å². The van der Waals surface area contributed by atoms with Crippen LogP contribution >= 0.6 is 0 Å². The normalized spacial score (nSPS) is 16.5. The molecule has 2 N–H and O–H groups in total. The van der Waals surface area contributed by atoms with Crippen LogP contribution in [0.1, 0.15) is 35.8 Å². The van der Waals surface area contributed by atoms with Crippen molar-refractivity contribution in [1.29, 1.82) is 0 Å². The van der Waals surface area contributed by atoms with Gasteiger partial charge in [0.1, 0.15) is 5.82 Å². The number of rotatable bonds is 7. The fraction of sp³-hybridized carbons (Fsp3) is 0.320. The van der Waals surface area contributed by atoms with Crippen LogP contribution in [0.15, 0.2) is 60.8 Å². The van der Waals surface area contributed by atoms with E-state index in [0.29, 0.717) is 18.8 Å². The zero-order valence-corrected chi connectivity index (χ0v) is 18.2. The number of piperidine rings is 1. The summed E-state index contributed by atoms with van der Waals surface area (Å²) in [6.07, 6.45) is 3.77. The lowest BCUT2D eigenvalue weighted by atomic mass is 9.93. The number of carbonyl (C=O) groups excluding carboxylic acids is 1. The van der Waals surface area contributed by atoms with Gasteiger partial charge in [-0.1, -0.05) is 12.1 Å². The number of aryl methyl sites for hydroxylation is 1. The van der Waals surface area contributed by atoms with Crippen molar-refractivity contribution >= 4 is 17.3 Å². The van der Waals surface area contributed by atoms with Crippen molar-refractivity contribution in [2.75, 3.05) is 25.0 Å². The molecule has 3 aromatic rings. The lowest BCUT2D eigenvalue weighted by molar-refractivity contribution is -0.122. The van der Waals surface area contributed by atoms with Crippen molar-refractivity contribution in [1.82, 2.24) is 20.2 Å². The number of nitrogens with one attached hydrogen (secondary N) is 2. The predicted molar refractivity (Wildman–Crippen MR) is 123 cm³/mol. The number of carbonyl (C=O) groups is 1. The molecule has 7 heteroatoms. The van der Waals surface area contributed by atoms with Gasteiger partial charge in [-0.05, 0) is 68.8 Å². The molecule has 0 bridgehead atoms. The van der Waals surface area contributed by atoms with Crippen molar-refractivity contribution in [2.24, 2.45) is 0 Å². The van der Waals surface area contributed by atoms with E-state index in [1.54, 1.807) is 12.3 Å². The maximum atomic E-state index is 13.5. The monoisotopic (exact) mass is 433 g/mol. The second-order valence-corrected chi connectivity index (χ2v) is 8.23. The van der Waals surface area contributed by atoms with Crippen LogP contribution in [-0.2, 0) is 11.3 Å². The van der Waals surface area contributed by atoms with Gasteiger partial charge in [-0.2, -0.15) is 0 Å². The molecule has 1 amide bonds. The molecule has 1 atom stereocenters. The van der Waals surface area contributed by atoms with Crippen LogP contribution in [0, 0.1) is 12.7 Å². The average Bonchev–Trinajstić information content (AvgIpc) is 2.78. The Morgan fingerprint density at radius 3 is 2.88 bits per heavy atom. The highest BCUT2D eigenvalue weighted by Gasteiger charge is 2.24. The van der Waals surface area contributed by atoms with Crippen LogP contribution in [0.4, 0.5) is 15.8 Å². The van der Waals surface area contributed by atoms with Crippen molar-refractivity contribution < 1.29 is 9.18 Å². The van der Waals surface area contributed by atoms with E-state index in [1.165, 1.54) is 12.1 Å². The molecule has 2 aromatic heterocycles. The maximum absolute atomic E-state index is 13.5. The van der Waals surface area contributed by atoms with E-state index in [2.05, 4.69) is 20.5 Å². The number of anilines is 2. The van der Waals surface area contributed by atoms with Gasteiger partial charge < -0.3 is 10.6 Å². The molecular weight excluding hydrogens is 405 g/mol. The highest BCUT2D eigenvalue weighted by molar-refractivity contribution is 5.78. The number of halogens is 1. The summed E-state index contributed by atoms with van der Waals surface area (Å²) in [7, 11) is 0. The molecule has 166 valence electrons. The van der Waals surface area contributed by atoms with Crippen LogP contribution in [-0.4, -0.2) is 40.4 Å². The lowest BCUT2D eigenvalue weighted by Crippen LogP contribution is -2.42. The number of pyridine rings is 2. The fourth-order valence-electron chi connectivity index (χ4n) is 4.10.